The summed E-state index contributed by atoms with van der Waals surface area (Å²) in [5, 5.41) is -0.803. The van der Waals surface area contributed by atoms with E-state index < -0.39 is 27.7 Å². The largest absolute Gasteiger partial charge is 0.458 e. The van der Waals surface area contributed by atoms with Crippen LogP contribution in [-0.2, 0) is 5.92 Å². The molecule has 0 aliphatic carbocycles. The van der Waals surface area contributed by atoms with Gasteiger partial charge in [0.25, 0.3) is 0 Å². The van der Waals surface area contributed by atoms with Gasteiger partial charge in [0.2, 0.25) is 0 Å². The van der Waals surface area contributed by atoms with Gasteiger partial charge in [-0.25, -0.2) is 0 Å². The first-order valence-corrected chi connectivity index (χ1v) is 4.23. The molecule has 0 nitrogen and oxygen atoms in total. The molecule has 0 fully saturated rings. The third-order valence-corrected chi connectivity index (χ3v) is 1.93. The second-order valence-electron chi connectivity index (χ2n) is 2.64. The molecule has 0 heterocycles. The summed E-state index contributed by atoms with van der Waals surface area (Å²) in [5.41, 5.74) is -1.30. The molecule has 1 aromatic rings. The van der Waals surface area contributed by atoms with Crippen molar-refractivity contribution in [3.05, 3.63) is 33.8 Å². The molecule has 0 N–H and O–H groups in total. The average Bonchev–Trinajstić information content (AvgIpc) is 1.99. The lowest BCUT2D eigenvalue weighted by atomic mass is 10.1. The van der Waals surface area contributed by atoms with E-state index in [0.717, 1.165) is 0 Å². The Morgan fingerprint density at radius 3 is 1.67 bits per heavy atom. The van der Waals surface area contributed by atoms with Crippen molar-refractivity contribution in [2.24, 2.45) is 0 Å². The molecule has 0 atom stereocenters. The molecule has 0 spiro atoms. The van der Waals surface area contributed by atoms with Gasteiger partial charge in [0.05, 0.1) is 10.0 Å². The molecule has 1 radical (unpaired) electrons. The van der Waals surface area contributed by atoms with Gasteiger partial charge >= 0.3 is 12.1 Å². The summed E-state index contributed by atoms with van der Waals surface area (Å²) < 4.78 is 61.3. The highest BCUT2D eigenvalue weighted by molar-refractivity contribution is 6.34. The van der Waals surface area contributed by atoms with Crippen LogP contribution in [-0.4, -0.2) is 6.18 Å². The summed E-state index contributed by atoms with van der Waals surface area (Å²) in [6, 6.07) is 3.11. The molecular formula is C8H2Cl2F5. The SMILES string of the molecule is FC(F)(F)C(F)(F)c1cc(Cl)[c]c(Cl)c1. The predicted molar refractivity (Wildman–Crippen MR) is 45.2 cm³/mol. The Bertz CT molecular complexity index is 352. The number of benzene rings is 1. The van der Waals surface area contributed by atoms with E-state index in [-0.39, 0.29) is 0 Å². The summed E-state index contributed by atoms with van der Waals surface area (Å²) in [6.07, 6.45) is -5.68. The minimum absolute atomic E-state index is 0.401. The van der Waals surface area contributed by atoms with Gasteiger partial charge in [-0.3, -0.25) is 0 Å². The zero-order valence-corrected chi connectivity index (χ0v) is 8.31. The lowest BCUT2D eigenvalue weighted by Gasteiger charge is -2.20. The Kier molecular flexibility index (Phi) is 3.16. The van der Waals surface area contributed by atoms with Crippen LogP contribution < -0.4 is 0 Å². The van der Waals surface area contributed by atoms with E-state index in [4.69, 9.17) is 23.2 Å². The zero-order chi connectivity index (χ0) is 11.9. The Morgan fingerprint density at radius 1 is 0.933 bits per heavy atom. The van der Waals surface area contributed by atoms with E-state index in [9.17, 15) is 22.0 Å². The summed E-state index contributed by atoms with van der Waals surface area (Å²) in [6.45, 7) is 0. The number of halogens is 7. The van der Waals surface area contributed by atoms with Crippen LogP contribution in [0.3, 0.4) is 0 Å². The fourth-order valence-electron chi connectivity index (χ4n) is 0.846. The van der Waals surface area contributed by atoms with Gasteiger partial charge in [-0.05, 0) is 12.1 Å². The molecule has 0 saturated heterocycles. The first-order chi connectivity index (χ1) is 6.64. The molecule has 1 aromatic carbocycles. The first kappa shape index (κ1) is 12.5. The molecule has 0 amide bonds. The van der Waals surface area contributed by atoms with Crippen molar-refractivity contribution >= 4 is 23.2 Å². The summed E-state index contributed by atoms with van der Waals surface area (Å²) in [7, 11) is 0. The Hall–Kier alpha value is -0.550. The summed E-state index contributed by atoms with van der Waals surface area (Å²) >= 11 is 10.5. The third-order valence-electron chi connectivity index (χ3n) is 1.52. The summed E-state index contributed by atoms with van der Waals surface area (Å²) in [5.74, 6) is -4.98. The van der Waals surface area contributed by atoms with Crippen molar-refractivity contribution in [1.82, 2.24) is 0 Å². The molecule has 7 heteroatoms. The van der Waals surface area contributed by atoms with Crippen LogP contribution in [0.2, 0.25) is 10.0 Å². The lowest BCUT2D eigenvalue weighted by molar-refractivity contribution is -0.289. The number of alkyl halides is 5. The zero-order valence-electron chi connectivity index (χ0n) is 6.80. The van der Waals surface area contributed by atoms with Crippen LogP contribution in [0.5, 0.6) is 0 Å². The molecule has 0 bridgehead atoms. The van der Waals surface area contributed by atoms with Gasteiger partial charge in [-0.1, -0.05) is 23.2 Å². The van der Waals surface area contributed by atoms with Crippen molar-refractivity contribution in [2.45, 2.75) is 12.1 Å². The van der Waals surface area contributed by atoms with Crippen molar-refractivity contribution in [1.29, 1.82) is 0 Å². The van der Waals surface area contributed by atoms with Gasteiger partial charge in [-0.2, -0.15) is 22.0 Å². The van der Waals surface area contributed by atoms with E-state index >= 15 is 0 Å². The van der Waals surface area contributed by atoms with E-state index in [1.165, 1.54) is 0 Å². The van der Waals surface area contributed by atoms with E-state index in [0.29, 0.717) is 12.1 Å². The molecule has 1 rings (SSSR count). The van der Waals surface area contributed by atoms with Gasteiger partial charge in [0, 0.05) is 11.6 Å². The van der Waals surface area contributed by atoms with Crippen molar-refractivity contribution < 1.29 is 22.0 Å². The fourth-order valence-corrected chi connectivity index (χ4v) is 1.33. The minimum Gasteiger partial charge on any atom is -0.191 e. The Morgan fingerprint density at radius 2 is 1.33 bits per heavy atom. The maximum Gasteiger partial charge on any atom is 0.458 e. The monoisotopic (exact) mass is 263 g/mol. The van der Waals surface area contributed by atoms with Crippen LogP contribution in [0.4, 0.5) is 22.0 Å². The molecule has 0 aromatic heterocycles. The second-order valence-corrected chi connectivity index (χ2v) is 3.45. The van der Waals surface area contributed by atoms with Crippen molar-refractivity contribution in [3.8, 4) is 0 Å². The molecule has 0 unspecified atom stereocenters. The lowest BCUT2D eigenvalue weighted by Crippen LogP contribution is -2.33. The maximum atomic E-state index is 12.8. The average molecular weight is 264 g/mol. The highest BCUT2D eigenvalue weighted by Crippen LogP contribution is 2.44. The highest BCUT2D eigenvalue weighted by Gasteiger charge is 2.58. The summed E-state index contributed by atoms with van der Waals surface area (Å²) in [4.78, 5) is 0. The predicted octanol–water partition coefficient (Wildman–Crippen LogP) is 4.45. The van der Waals surface area contributed by atoms with Gasteiger partial charge in [0.15, 0.2) is 0 Å². The van der Waals surface area contributed by atoms with Crippen LogP contribution in [0.15, 0.2) is 12.1 Å². The van der Waals surface area contributed by atoms with Crippen LogP contribution >= 0.6 is 23.2 Å². The normalized spacial score (nSPS) is 13.0. The molecule has 0 aliphatic rings. The van der Waals surface area contributed by atoms with Crippen LogP contribution in [0.25, 0.3) is 0 Å². The maximum absolute atomic E-state index is 12.8. The third kappa shape index (κ3) is 2.52. The quantitative estimate of drug-likeness (QED) is 0.657. The van der Waals surface area contributed by atoms with Gasteiger partial charge in [0.1, 0.15) is 0 Å². The Labute approximate surface area is 91.6 Å². The minimum atomic E-state index is -5.68. The number of hydrogen-bond acceptors (Lipinski definition) is 0. The number of rotatable bonds is 1. The van der Waals surface area contributed by atoms with E-state index in [1.807, 2.05) is 0 Å². The van der Waals surface area contributed by atoms with Crippen molar-refractivity contribution in [2.75, 3.05) is 0 Å². The van der Waals surface area contributed by atoms with Crippen LogP contribution in [0, 0.1) is 6.07 Å². The highest BCUT2D eigenvalue weighted by atomic mass is 35.5. The van der Waals surface area contributed by atoms with Gasteiger partial charge < -0.3 is 0 Å². The van der Waals surface area contributed by atoms with E-state index in [2.05, 4.69) is 6.07 Å². The van der Waals surface area contributed by atoms with Gasteiger partial charge in [-0.15, -0.1) is 0 Å². The van der Waals surface area contributed by atoms with Crippen LogP contribution in [0.1, 0.15) is 5.56 Å². The number of hydrogen-bond donors (Lipinski definition) is 0. The van der Waals surface area contributed by atoms with E-state index in [1.54, 1.807) is 0 Å². The molecule has 0 saturated carbocycles. The second kappa shape index (κ2) is 3.79. The molecule has 83 valence electrons. The first-order valence-electron chi connectivity index (χ1n) is 3.48. The fraction of sp³-hybridized carbons (Fsp3) is 0.250. The molecule has 15 heavy (non-hydrogen) atoms. The topological polar surface area (TPSA) is 0 Å². The molecular weight excluding hydrogens is 262 g/mol. The smallest absolute Gasteiger partial charge is 0.191 e. The Balaban J connectivity index is 3.27. The molecule has 0 aliphatic heterocycles. The standard InChI is InChI=1S/C8H2Cl2F5/c9-5-1-4(2-6(10)3-5)7(11,12)8(13,14)15/h1-2H. The van der Waals surface area contributed by atoms with Crippen molar-refractivity contribution in [3.63, 3.8) is 0 Å².